The molecule has 114 valence electrons. The van der Waals surface area contributed by atoms with Crippen molar-refractivity contribution in [1.29, 1.82) is 0 Å². The Morgan fingerprint density at radius 3 is 2.50 bits per heavy atom. The Labute approximate surface area is 132 Å². The normalized spacial score (nSPS) is 10.7. The standard InChI is InChI=1S/C18H22N4/c1-13-12-15(7-6-14(2)22(4)5)8-9-16(13)17-10-11-18(19-3)21-20-17/h6-12H,2H2,1,3-5H3,(H,19,21)/b7-6+. The maximum absolute atomic E-state index is 4.26. The molecule has 0 amide bonds. The second-order valence-electron chi connectivity index (χ2n) is 5.35. The lowest BCUT2D eigenvalue weighted by Crippen LogP contribution is -2.07. The van der Waals surface area contributed by atoms with Gasteiger partial charge in [0.05, 0.1) is 5.69 Å². The zero-order valence-corrected chi connectivity index (χ0v) is 13.6. The van der Waals surface area contributed by atoms with Crippen LogP contribution in [0.3, 0.4) is 0 Å². The Kier molecular flexibility index (Phi) is 4.94. The SMILES string of the molecule is C=C(/C=C/c1ccc(-c2ccc(NC)nn2)c(C)c1)N(C)C. The van der Waals surface area contributed by atoms with Crippen LogP contribution in [0.25, 0.3) is 17.3 Å². The Balaban J connectivity index is 2.24. The van der Waals surface area contributed by atoms with E-state index in [-0.39, 0.29) is 0 Å². The molecule has 0 aliphatic carbocycles. The third-order valence-corrected chi connectivity index (χ3v) is 3.49. The van der Waals surface area contributed by atoms with Crippen molar-refractivity contribution in [3.8, 4) is 11.3 Å². The number of nitrogens with zero attached hydrogens (tertiary/aromatic N) is 3. The molecule has 2 aromatic rings. The highest BCUT2D eigenvalue weighted by Gasteiger charge is 2.04. The second-order valence-corrected chi connectivity index (χ2v) is 5.35. The third kappa shape index (κ3) is 3.73. The van der Waals surface area contributed by atoms with Gasteiger partial charge in [-0.15, -0.1) is 10.2 Å². The van der Waals surface area contributed by atoms with Crippen LogP contribution in [0.1, 0.15) is 11.1 Å². The van der Waals surface area contributed by atoms with Gasteiger partial charge in [0.15, 0.2) is 0 Å². The van der Waals surface area contributed by atoms with Gasteiger partial charge in [0, 0.05) is 32.4 Å². The summed E-state index contributed by atoms with van der Waals surface area (Å²) >= 11 is 0. The maximum Gasteiger partial charge on any atom is 0.148 e. The molecular formula is C18H22N4. The summed E-state index contributed by atoms with van der Waals surface area (Å²) in [6, 6.07) is 10.2. The molecule has 0 radical (unpaired) electrons. The average molecular weight is 294 g/mol. The van der Waals surface area contributed by atoms with Crippen LogP contribution in [0, 0.1) is 6.92 Å². The van der Waals surface area contributed by atoms with Gasteiger partial charge >= 0.3 is 0 Å². The monoisotopic (exact) mass is 294 g/mol. The van der Waals surface area contributed by atoms with Crippen LogP contribution in [0.4, 0.5) is 5.82 Å². The van der Waals surface area contributed by atoms with E-state index in [1.165, 1.54) is 5.56 Å². The molecule has 0 fully saturated rings. The average Bonchev–Trinajstić information content (AvgIpc) is 2.52. The van der Waals surface area contributed by atoms with Crippen molar-refractivity contribution in [2.24, 2.45) is 0 Å². The van der Waals surface area contributed by atoms with E-state index in [0.29, 0.717) is 0 Å². The summed E-state index contributed by atoms with van der Waals surface area (Å²) in [4.78, 5) is 1.98. The van der Waals surface area contributed by atoms with E-state index in [4.69, 9.17) is 0 Å². The largest absolute Gasteiger partial charge is 0.378 e. The van der Waals surface area contributed by atoms with Crippen molar-refractivity contribution in [2.75, 3.05) is 26.5 Å². The first kappa shape index (κ1) is 15.8. The molecule has 0 aliphatic heterocycles. The molecule has 0 saturated heterocycles. The van der Waals surface area contributed by atoms with E-state index in [0.717, 1.165) is 28.3 Å². The number of allylic oxidation sites excluding steroid dienone is 1. The summed E-state index contributed by atoms with van der Waals surface area (Å²) in [6.45, 7) is 6.07. The molecule has 2 rings (SSSR count). The molecule has 0 bridgehead atoms. The molecule has 4 heteroatoms. The second kappa shape index (κ2) is 6.89. The number of aryl methyl sites for hydroxylation is 1. The molecule has 0 atom stereocenters. The van der Waals surface area contributed by atoms with Gasteiger partial charge in [-0.05, 0) is 36.3 Å². The molecule has 0 spiro atoms. The van der Waals surface area contributed by atoms with Crippen molar-refractivity contribution in [1.82, 2.24) is 15.1 Å². The first-order valence-electron chi connectivity index (χ1n) is 7.18. The Morgan fingerprint density at radius 1 is 1.18 bits per heavy atom. The molecule has 0 saturated carbocycles. The molecule has 0 unspecified atom stereocenters. The molecule has 0 aliphatic rings. The first-order valence-corrected chi connectivity index (χ1v) is 7.18. The van der Waals surface area contributed by atoms with Crippen molar-refractivity contribution in [3.05, 3.63) is 59.8 Å². The van der Waals surface area contributed by atoms with E-state index in [1.807, 2.05) is 44.3 Å². The van der Waals surface area contributed by atoms with Gasteiger partial charge in [0.25, 0.3) is 0 Å². The van der Waals surface area contributed by atoms with Crippen LogP contribution in [0.2, 0.25) is 0 Å². The zero-order chi connectivity index (χ0) is 16.1. The Bertz CT molecular complexity index is 685. The predicted molar refractivity (Wildman–Crippen MR) is 93.6 cm³/mol. The highest BCUT2D eigenvalue weighted by Crippen LogP contribution is 2.23. The summed E-state index contributed by atoms with van der Waals surface area (Å²) < 4.78 is 0. The van der Waals surface area contributed by atoms with E-state index < -0.39 is 0 Å². The fraction of sp³-hybridized carbons (Fsp3) is 0.222. The van der Waals surface area contributed by atoms with Gasteiger partial charge in [-0.2, -0.15) is 0 Å². The number of hydrogen-bond acceptors (Lipinski definition) is 4. The van der Waals surface area contributed by atoms with Gasteiger partial charge in [-0.3, -0.25) is 0 Å². The molecule has 22 heavy (non-hydrogen) atoms. The van der Waals surface area contributed by atoms with E-state index in [1.54, 1.807) is 0 Å². The van der Waals surface area contributed by atoms with Gasteiger partial charge in [0.2, 0.25) is 0 Å². The first-order chi connectivity index (χ1) is 10.5. The fourth-order valence-electron chi connectivity index (χ4n) is 2.03. The number of benzene rings is 1. The molecule has 1 aromatic carbocycles. The van der Waals surface area contributed by atoms with Crippen LogP contribution in [0.5, 0.6) is 0 Å². The van der Waals surface area contributed by atoms with Crippen LogP contribution < -0.4 is 5.32 Å². The summed E-state index contributed by atoms with van der Waals surface area (Å²) in [5.41, 5.74) is 5.26. The number of anilines is 1. The molecule has 1 N–H and O–H groups in total. The smallest absolute Gasteiger partial charge is 0.148 e. The molecule has 4 nitrogen and oxygen atoms in total. The van der Waals surface area contributed by atoms with Crippen molar-refractivity contribution in [2.45, 2.75) is 6.92 Å². The molecule has 1 aromatic heterocycles. The minimum atomic E-state index is 0.767. The minimum absolute atomic E-state index is 0.767. The van der Waals surface area contributed by atoms with Gasteiger partial charge in [-0.25, -0.2) is 0 Å². The quantitative estimate of drug-likeness (QED) is 0.856. The summed E-state index contributed by atoms with van der Waals surface area (Å²) in [6.07, 6.45) is 4.07. The van der Waals surface area contributed by atoms with E-state index in [9.17, 15) is 0 Å². The summed E-state index contributed by atoms with van der Waals surface area (Å²) in [7, 11) is 5.79. The third-order valence-electron chi connectivity index (χ3n) is 3.49. The summed E-state index contributed by atoms with van der Waals surface area (Å²) in [5.74, 6) is 0.767. The maximum atomic E-state index is 4.26. The number of nitrogens with one attached hydrogen (secondary N) is 1. The lowest BCUT2D eigenvalue weighted by atomic mass is 10.0. The van der Waals surface area contributed by atoms with Gasteiger partial charge in [0.1, 0.15) is 5.82 Å². The Morgan fingerprint density at radius 2 is 1.95 bits per heavy atom. The lowest BCUT2D eigenvalue weighted by molar-refractivity contribution is 0.533. The fourth-order valence-corrected chi connectivity index (χ4v) is 2.03. The Hall–Kier alpha value is -2.62. The summed E-state index contributed by atoms with van der Waals surface area (Å²) in [5, 5.41) is 11.4. The molecular weight excluding hydrogens is 272 g/mol. The number of hydrogen-bond donors (Lipinski definition) is 1. The zero-order valence-electron chi connectivity index (χ0n) is 13.6. The van der Waals surface area contributed by atoms with Crippen LogP contribution >= 0.6 is 0 Å². The topological polar surface area (TPSA) is 41.1 Å². The van der Waals surface area contributed by atoms with Crippen LogP contribution in [0.15, 0.2) is 48.7 Å². The van der Waals surface area contributed by atoms with Crippen molar-refractivity contribution < 1.29 is 0 Å². The van der Waals surface area contributed by atoms with Crippen LogP contribution in [-0.2, 0) is 0 Å². The highest BCUT2D eigenvalue weighted by molar-refractivity contribution is 5.67. The van der Waals surface area contributed by atoms with E-state index >= 15 is 0 Å². The molecule has 1 heterocycles. The number of likely N-dealkylation sites (N-methyl/N-ethyl adjacent to an activating group) is 1. The number of rotatable bonds is 5. The van der Waals surface area contributed by atoms with Gasteiger partial charge < -0.3 is 10.2 Å². The van der Waals surface area contributed by atoms with Crippen molar-refractivity contribution >= 4 is 11.9 Å². The van der Waals surface area contributed by atoms with Crippen molar-refractivity contribution in [3.63, 3.8) is 0 Å². The number of aromatic nitrogens is 2. The highest BCUT2D eigenvalue weighted by atomic mass is 15.2. The predicted octanol–water partition coefficient (Wildman–Crippen LogP) is 3.58. The van der Waals surface area contributed by atoms with Crippen LogP contribution in [-0.4, -0.2) is 36.2 Å². The minimum Gasteiger partial charge on any atom is -0.378 e. The van der Waals surface area contributed by atoms with E-state index in [2.05, 4.69) is 53.3 Å². The van der Waals surface area contributed by atoms with Gasteiger partial charge in [-0.1, -0.05) is 30.9 Å². The lowest BCUT2D eigenvalue weighted by Gasteiger charge is -2.11.